The third-order valence-corrected chi connectivity index (χ3v) is 3.96. The van der Waals surface area contributed by atoms with Crippen molar-refractivity contribution in [3.63, 3.8) is 0 Å². The van der Waals surface area contributed by atoms with E-state index in [1.54, 1.807) is 25.1 Å². The summed E-state index contributed by atoms with van der Waals surface area (Å²) in [7, 11) is 0. The van der Waals surface area contributed by atoms with Crippen LogP contribution in [0.4, 0.5) is 11.4 Å². The van der Waals surface area contributed by atoms with Gasteiger partial charge in [-0.25, -0.2) is 0 Å². The zero-order valence-electron chi connectivity index (χ0n) is 15.7. The van der Waals surface area contributed by atoms with Crippen LogP contribution in [0.15, 0.2) is 36.4 Å². The molecule has 2 aromatic carbocycles. The van der Waals surface area contributed by atoms with Gasteiger partial charge in [0.25, 0.3) is 0 Å². The summed E-state index contributed by atoms with van der Waals surface area (Å²) in [6.07, 6.45) is 0. The van der Waals surface area contributed by atoms with Gasteiger partial charge < -0.3 is 29.6 Å². The fraction of sp³-hybridized carbons (Fsp3) is 0.350. The highest BCUT2D eigenvalue weighted by Crippen LogP contribution is 2.34. The molecule has 0 bridgehead atoms. The van der Waals surface area contributed by atoms with Gasteiger partial charge in [-0.1, -0.05) is 0 Å². The maximum absolute atomic E-state index is 12.5. The van der Waals surface area contributed by atoms with Crippen molar-refractivity contribution in [2.45, 2.75) is 26.8 Å². The van der Waals surface area contributed by atoms with Crippen LogP contribution in [0.25, 0.3) is 0 Å². The molecular formula is C20H24N2O5. The highest BCUT2D eigenvalue weighted by atomic mass is 16.7. The molecule has 3 rings (SSSR count). The first-order chi connectivity index (χ1) is 13.1. The second kappa shape index (κ2) is 8.53. The fourth-order valence-corrected chi connectivity index (χ4v) is 2.68. The molecule has 7 nitrogen and oxygen atoms in total. The van der Waals surface area contributed by atoms with Gasteiger partial charge in [-0.05, 0) is 45.0 Å². The van der Waals surface area contributed by atoms with Crippen LogP contribution < -0.4 is 29.6 Å². The highest BCUT2D eigenvalue weighted by molar-refractivity contribution is 5.96. The van der Waals surface area contributed by atoms with Crippen LogP contribution >= 0.6 is 0 Å². The Morgan fingerprint density at radius 3 is 2.48 bits per heavy atom. The third kappa shape index (κ3) is 4.55. The molecule has 1 aliphatic heterocycles. The first-order valence-corrected chi connectivity index (χ1v) is 8.97. The number of ether oxygens (including phenoxy) is 4. The number of amides is 1. The molecule has 1 aliphatic rings. The van der Waals surface area contributed by atoms with E-state index < -0.39 is 6.04 Å². The van der Waals surface area contributed by atoms with E-state index in [-0.39, 0.29) is 12.7 Å². The van der Waals surface area contributed by atoms with E-state index >= 15 is 0 Å². The largest absolute Gasteiger partial charge is 0.490 e. The molecule has 2 N–H and O–H groups in total. The summed E-state index contributed by atoms with van der Waals surface area (Å²) in [6, 6.07) is 10.4. The molecule has 144 valence electrons. The first-order valence-electron chi connectivity index (χ1n) is 8.97. The minimum atomic E-state index is -0.456. The Morgan fingerprint density at radius 2 is 1.70 bits per heavy atom. The van der Waals surface area contributed by atoms with Gasteiger partial charge in [0, 0.05) is 23.5 Å². The SMILES string of the molecule is CCOc1ccc(N[C@@H](C)C(=O)Nc2ccc3c(c2)OCO3)cc1OCC. The van der Waals surface area contributed by atoms with Crippen molar-refractivity contribution in [2.75, 3.05) is 30.6 Å². The predicted octanol–water partition coefficient (Wildman–Crippen LogP) is 3.65. The van der Waals surface area contributed by atoms with Crippen molar-refractivity contribution in [3.05, 3.63) is 36.4 Å². The lowest BCUT2D eigenvalue weighted by molar-refractivity contribution is -0.116. The van der Waals surface area contributed by atoms with E-state index in [4.69, 9.17) is 18.9 Å². The third-order valence-electron chi connectivity index (χ3n) is 3.96. The van der Waals surface area contributed by atoms with Crippen LogP contribution in [0.5, 0.6) is 23.0 Å². The van der Waals surface area contributed by atoms with E-state index in [9.17, 15) is 4.79 Å². The van der Waals surface area contributed by atoms with Crippen LogP contribution in [0.1, 0.15) is 20.8 Å². The number of fused-ring (bicyclic) bond motifs is 1. The van der Waals surface area contributed by atoms with Crippen molar-refractivity contribution in [1.82, 2.24) is 0 Å². The molecule has 0 aromatic heterocycles. The summed E-state index contributed by atoms with van der Waals surface area (Å²) in [5, 5.41) is 6.05. The Kier molecular flexibility index (Phi) is 5.90. The lowest BCUT2D eigenvalue weighted by atomic mass is 10.2. The fourth-order valence-electron chi connectivity index (χ4n) is 2.68. The molecule has 0 fully saturated rings. The minimum absolute atomic E-state index is 0.166. The van der Waals surface area contributed by atoms with E-state index in [2.05, 4.69) is 10.6 Å². The zero-order valence-corrected chi connectivity index (χ0v) is 15.7. The molecule has 0 radical (unpaired) electrons. The smallest absolute Gasteiger partial charge is 0.246 e. The average Bonchev–Trinajstić information content (AvgIpc) is 3.12. The van der Waals surface area contributed by atoms with Gasteiger partial charge in [-0.15, -0.1) is 0 Å². The van der Waals surface area contributed by atoms with Crippen LogP contribution in [0, 0.1) is 0 Å². The van der Waals surface area contributed by atoms with Crippen molar-refractivity contribution in [3.8, 4) is 23.0 Å². The van der Waals surface area contributed by atoms with Gasteiger partial charge >= 0.3 is 0 Å². The van der Waals surface area contributed by atoms with Gasteiger partial charge in [0.05, 0.1) is 13.2 Å². The molecular weight excluding hydrogens is 348 g/mol. The van der Waals surface area contributed by atoms with Gasteiger partial charge in [0.2, 0.25) is 12.7 Å². The Labute approximate surface area is 158 Å². The maximum atomic E-state index is 12.5. The van der Waals surface area contributed by atoms with E-state index in [1.807, 2.05) is 32.0 Å². The quantitative estimate of drug-likeness (QED) is 0.736. The molecule has 1 heterocycles. The topological polar surface area (TPSA) is 78.1 Å². The number of anilines is 2. The number of carbonyl (C=O) groups excluding carboxylic acids is 1. The number of nitrogens with one attached hydrogen (secondary N) is 2. The zero-order chi connectivity index (χ0) is 19.2. The second-order valence-electron chi connectivity index (χ2n) is 5.95. The number of hydrogen-bond acceptors (Lipinski definition) is 6. The molecule has 1 amide bonds. The van der Waals surface area contributed by atoms with Gasteiger partial charge in [-0.2, -0.15) is 0 Å². The number of rotatable bonds is 8. The Morgan fingerprint density at radius 1 is 1.00 bits per heavy atom. The van der Waals surface area contributed by atoms with Crippen LogP contribution in [-0.2, 0) is 4.79 Å². The standard InChI is InChI=1S/C20H24N2O5/c1-4-24-16-8-6-14(10-18(16)25-5-2)21-13(3)20(23)22-15-7-9-17-19(11-15)27-12-26-17/h6-11,13,21H,4-5,12H2,1-3H3,(H,22,23)/t13-/m0/s1. The molecule has 0 saturated heterocycles. The molecule has 0 spiro atoms. The molecule has 0 saturated carbocycles. The van der Waals surface area contributed by atoms with Crippen molar-refractivity contribution >= 4 is 17.3 Å². The van der Waals surface area contributed by atoms with Crippen molar-refractivity contribution in [2.24, 2.45) is 0 Å². The number of benzene rings is 2. The second-order valence-corrected chi connectivity index (χ2v) is 5.95. The van der Waals surface area contributed by atoms with E-state index in [0.29, 0.717) is 41.9 Å². The lowest BCUT2D eigenvalue weighted by Gasteiger charge is -2.17. The monoisotopic (exact) mass is 372 g/mol. The Bertz CT molecular complexity index is 809. The van der Waals surface area contributed by atoms with Gasteiger partial charge in [0.15, 0.2) is 23.0 Å². The summed E-state index contributed by atoms with van der Waals surface area (Å²) in [6.45, 7) is 6.91. The summed E-state index contributed by atoms with van der Waals surface area (Å²) in [5.41, 5.74) is 1.43. The van der Waals surface area contributed by atoms with E-state index in [1.165, 1.54) is 0 Å². The summed E-state index contributed by atoms with van der Waals surface area (Å²) < 4.78 is 21.8. The normalized spacial score (nSPS) is 13.0. The predicted molar refractivity (Wildman–Crippen MR) is 103 cm³/mol. The van der Waals surface area contributed by atoms with Crippen molar-refractivity contribution in [1.29, 1.82) is 0 Å². The van der Waals surface area contributed by atoms with Crippen LogP contribution in [-0.4, -0.2) is 32.0 Å². The molecule has 1 atom stereocenters. The summed E-state index contributed by atoms with van der Waals surface area (Å²) in [5.74, 6) is 2.47. The maximum Gasteiger partial charge on any atom is 0.246 e. The average molecular weight is 372 g/mol. The summed E-state index contributed by atoms with van der Waals surface area (Å²) >= 11 is 0. The minimum Gasteiger partial charge on any atom is -0.490 e. The number of hydrogen-bond donors (Lipinski definition) is 2. The molecule has 2 aromatic rings. The first kappa shape index (κ1) is 18.7. The van der Waals surface area contributed by atoms with Gasteiger partial charge in [-0.3, -0.25) is 4.79 Å². The number of carbonyl (C=O) groups is 1. The molecule has 7 heteroatoms. The summed E-state index contributed by atoms with van der Waals surface area (Å²) in [4.78, 5) is 12.5. The van der Waals surface area contributed by atoms with Crippen molar-refractivity contribution < 1.29 is 23.7 Å². The van der Waals surface area contributed by atoms with E-state index in [0.717, 1.165) is 5.69 Å². The Balaban J connectivity index is 1.64. The molecule has 27 heavy (non-hydrogen) atoms. The lowest BCUT2D eigenvalue weighted by Crippen LogP contribution is -2.31. The molecule has 0 unspecified atom stereocenters. The van der Waals surface area contributed by atoms with Crippen LogP contribution in [0.2, 0.25) is 0 Å². The van der Waals surface area contributed by atoms with Crippen LogP contribution in [0.3, 0.4) is 0 Å². The Hall–Kier alpha value is -3.09. The van der Waals surface area contributed by atoms with Gasteiger partial charge in [0.1, 0.15) is 6.04 Å². The highest BCUT2D eigenvalue weighted by Gasteiger charge is 2.17. The molecule has 0 aliphatic carbocycles.